The van der Waals surface area contributed by atoms with Gasteiger partial charge in [-0.2, -0.15) is 0 Å². The van der Waals surface area contributed by atoms with E-state index in [4.69, 9.17) is 14.2 Å². The molecule has 4 unspecified atom stereocenters. The zero-order valence-electron chi connectivity index (χ0n) is 35.5. The van der Waals surface area contributed by atoms with Crippen molar-refractivity contribution in [3.8, 4) is 22.3 Å². The normalized spacial score (nSPS) is 13.3. The Morgan fingerprint density at radius 2 is 0.897 bits per heavy atom. The molecule has 0 aliphatic heterocycles. The Balaban J connectivity index is 0.000000311. The van der Waals surface area contributed by atoms with E-state index in [1.165, 1.54) is 0 Å². The molecule has 312 valence electrons. The summed E-state index contributed by atoms with van der Waals surface area (Å²) in [5.74, 6) is -2.03. The number of carboxylic acids is 1. The second-order valence-electron chi connectivity index (χ2n) is 16.6. The van der Waals surface area contributed by atoms with Gasteiger partial charge in [-0.05, 0) is 108 Å². The van der Waals surface area contributed by atoms with Crippen LogP contribution in [0.3, 0.4) is 0 Å². The molecule has 4 atom stereocenters. The minimum atomic E-state index is -0.879. The summed E-state index contributed by atoms with van der Waals surface area (Å²) in [5.41, 5.74) is 5.45. The number of esters is 1. The van der Waals surface area contributed by atoms with Gasteiger partial charge in [0.25, 0.3) is 0 Å². The van der Waals surface area contributed by atoms with E-state index in [0.717, 1.165) is 33.4 Å². The molecule has 0 bridgehead atoms. The number of nitrogens with one attached hydrogen (secondary N) is 2. The van der Waals surface area contributed by atoms with Crippen LogP contribution >= 0.6 is 0 Å². The molecule has 4 aromatic carbocycles. The number of alkyl carbamates (subject to hydrolysis) is 2. The van der Waals surface area contributed by atoms with Crippen LogP contribution in [0.5, 0.6) is 0 Å². The third kappa shape index (κ3) is 17.7. The van der Waals surface area contributed by atoms with Gasteiger partial charge in [-0.25, -0.2) is 9.59 Å². The van der Waals surface area contributed by atoms with E-state index in [1.54, 1.807) is 34.6 Å². The van der Waals surface area contributed by atoms with Crippen LogP contribution in [0.2, 0.25) is 0 Å². The SMILES string of the molecule is CC(CC(Cc1ccc(-c2ccccc2)cc1)NC(=O)OC(C)(C)C)C(=O)O.CCOC(=O)C(C)CC(Cc1ccc(-c2ccccc2)cc1)NC(=O)OC(C)(C)C. The molecule has 4 aromatic rings. The smallest absolute Gasteiger partial charge is 0.407 e. The molecule has 0 radical (unpaired) electrons. The number of hydrogen-bond acceptors (Lipinski definition) is 7. The molecule has 3 N–H and O–H groups in total. The average Bonchev–Trinajstić information content (AvgIpc) is 3.15. The molecule has 10 nitrogen and oxygen atoms in total. The van der Waals surface area contributed by atoms with Gasteiger partial charge >= 0.3 is 24.1 Å². The summed E-state index contributed by atoms with van der Waals surface area (Å²) in [5, 5.41) is 15.0. The van der Waals surface area contributed by atoms with Gasteiger partial charge in [0.2, 0.25) is 0 Å². The zero-order valence-corrected chi connectivity index (χ0v) is 35.5. The van der Waals surface area contributed by atoms with Crippen molar-refractivity contribution in [1.82, 2.24) is 10.6 Å². The largest absolute Gasteiger partial charge is 0.481 e. The molecule has 0 spiro atoms. The highest BCUT2D eigenvalue weighted by atomic mass is 16.6. The number of hydrogen-bond donors (Lipinski definition) is 3. The van der Waals surface area contributed by atoms with Crippen molar-refractivity contribution in [2.75, 3.05) is 6.61 Å². The first-order chi connectivity index (χ1) is 27.3. The lowest BCUT2D eigenvalue weighted by atomic mass is 9.95. The monoisotopic (exact) mass is 794 g/mol. The Morgan fingerprint density at radius 3 is 1.22 bits per heavy atom. The molecule has 0 fully saturated rings. The Kier molecular flexibility index (Phi) is 18.0. The van der Waals surface area contributed by atoms with Crippen molar-refractivity contribution < 1.29 is 38.5 Å². The van der Waals surface area contributed by atoms with Gasteiger partial charge in [0.1, 0.15) is 11.2 Å². The lowest BCUT2D eigenvalue weighted by Gasteiger charge is -2.25. The maximum atomic E-state index is 12.3. The number of carboxylic acid groups (broad SMARTS) is 1. The molecular weight excluding hydrogens is 733 g/mol. The van der Waals surface area contributed by atoms with Crippen molar-refractivity contribution in [3.05, 3.63) is 120 Å². The highest BCUT2D eigenvalue weighted by Crippen LogP contribution is 2.23. The summed E-state index contributed by atoms with van der Waals surface area (Å²) in [4.78, 5) is 47.8. The summed E-state index contributed by atoms with van der Waals surface area (Å²) >= 11 is 0. The second kappa shape index (κ2) is 22.3. The molecule has 0 aromatic heterocycles. The Bertz CT molecular complexity index is 1870. The maximum Gasteiger partial charge on any atom is 0.407 e. The van der Waals surface area contributed by atoms with E-state index < -0.39 is 35.3 Å². The Labute approximate surface area is 344 Å². The molecule has 0 heterocycles. The van der Waals surface area contributed by atoms with Crippen molar-refractivity contribution in [3.63, 3.8) is 0 Å². The van der Waals surface area contributed by atoms with Gasteiger partial charge in [0.05, 0.1) is 18.4 Å². The Hall–Kier alpha value is -5.64. The second-order valence-corrected chi connectivity index (χ2v) is 16.6. The van der Waals surface area contributed by atoms with E-state index >= 15 is 0 Å². The van der Waals surface area contributed by atoms with Crippen LogP contribution in [0.4, 0.5) is 9.59 Å². The fraction of sp³-hybridized carbons (Fsp3) is 0.417. The van der Waals surface area contributed by atoms with Crippen LogP contribution in [0.25, 0.3) is 22.3 Å². The van der Waals surface area contributed by atoms with Crippen molar-refractivity contribution >= 4 is 24.1 Å². The van der Waals surface area contributed by atoms with Crippen molar-refractivity contribution in [1.29, 1.82) is 0 Å². The van der Waals surface area contributed by atoms with Crippen LogP contribution in [0, 0.1) is 11.8 Å². The van der Waals surface area contributed by atoms with E-state index in [0.29, 0.717) is 32.3 Å². The highest BCUT2D eigenvalue weighted by molar-refractivity contribution is 5.73. The standard InChI is InChI=1S/C25H33NO4.C23H29NO4/c1-6-29-23(27)18(2)16-22(26-24(28)30-25(3,4)5)17-19-12-14-21(15-13-19)20-10-8-7-9-11-20;1-16(21(25)26)14-20(24-22(27)28-23(2,3)4)15-17-10-12-19(13-11-17)18-8-6-5-7-9-18/h7-15,18,22H,6,16-17H2,1-5H3,(H,26,28);5-13,16,20H,14-15H2,1-4H3,(H,24,27)(H,25,26). The third-order valence-electron chi connectivity index (χ3n) is 8.91. The van der Waals surface area contributed by atoms with Crippen LogP contribution in [0.1, 0.15) is 86.3 Å². The number of ether oxygens (including phenoxy) is 3. The van der Waals surface area contributed by atoms with E-state index in [1.807, 2.05) is 88.4 Å². The molecule has 4 rings (SSSR count). The van der Waals surface area contributed by atoms with Gasteiger partial charge < -0.3 is 30.0 Å². The molecule has 0 aliphatic rings. The molecule has 2 amide bonds. The van der Waals surface area contributed by atoms with E-state index in [2.05, 4.69) is 59.2 Å². The predicted molar refractivity (Wildman–Crippen MR) is 229 cm³/mol. The van der Waals surface area contributed by atoms with Crippen LogP contribution in [-0.4, -0.2) is 59.1 Å². The lowest BCUT2D eigenvalue weighted by Crippen LogP contribution is -2.41. The number of benzene rings is 4. The first-order valence-electron chi connectivity index (χ1n) is 20.0. The molecule has 58 heavy (non-hydrogen) atoms. The average molecular weight is 795 g/mol. The first-order valence-corrected chi connectivity index (χ1v) is 20.0. The minimum absolute atomic E-state index is 0.248. The number of amides is 2. The number of rotatable bonds is 15. The molecule has 0 saturated carbocycles. The molecular formula is C48H62N2O8. The van der Waals surface area contributed by atoms with Crippen molar-refractivity contribution in [2.45, 2.75) is 111 Å². The minimum Gasteiger partial charge on any atom is -0.481 e. The van der Waals surface area contributed by atoms with Gasteiger partial charge in [0.15, 0.2) is 0 Å². The predicted octanol–water partition coefficient (Wildman–Crippen LogP) is 10.3. The lowest BCUT2D eigenvalue weighted by molar-refractivity contribution is -0.147. The Morgan fingerprint density at radius 1 is 0.552 bits per heavy atom. The summed E-state index contributed by atoms with van der Waals surface area (Å²) in [6.07, 6.45) is 0.915. The fourth-order valence-corrected chi connectivity index (χ4v) is 6.17. The maximum absolute atomic E-state index is 12.3. The highest BCUT2D eigenvalue weighted by Gasteiger charge is 2.25. The fourth-order valence-electron chi connectivity index (χ4n) is 6.17. The van der Waals surface area contributed by atoms with E-state index in [9.17, 15) is 24.3 Å². The summed E-state index contributed by atoms with van der Waals surface area (Å²) in [6, 6.07) is 36.0. The molecule has 0 saturated heterocycles. The molecule has 10 heteroatoms. The van der Waals surface area contributed by atoms with E-state index in [-0.39, 0.29) is 24.0 Å². The van der Waals surface area contributed by atoms with Crippen molar-refractivity contribution in [2.24, 2.45) is 11.8 Å². The number of carbonyl (C=O) groups excluding carboxylic acids is 3. The first kappa shape index (κ1) is 46.7. The zero-order chi connectivity index (χ0) is 42.9. The topological polar surface area (TPSA) is 140 Å². The third-order valence-corrected chi connectivity index (χ3v) is 8.91. The van der Waals surface area contributed by atoms with Crippen LogP contribution in [-0.2, 0) is 36.6 Å². The van der Waals surface area contributed by atoms with Crippen LogP contribution < -0.4 is 10.6 Å². The van der Waals surface area contributed by atoms with Gasteiger partial charge in [-0.3, -0.25) is 9.59 Å². The van der Waals surface area contributed by atoms with Crippen LogP contribution in [0.15, 0.2) is 109 Å². The van der Waals surface area contributed by atoms with Gasteiger partial charge in [-0.1, -0.05) is 123 Å². The summed E-state index contributed by atoms with van der Waals surface area (Å²) in [6.45, 7) is 16.5. The number of carbonyl (C=O) groups is 4. The number of aliphatic carboxylic acids is 1. The van der Waals surface area contributed by atoms with Gasteiger partial charge in [-0.15, -0.1) is 0 Å². The summed E-state index contributed by atoms with van der Waals surface area (Å²) in [7, 11) is 0. The quantitative estimate of drug-likeness (QED) is 0.0798. The van der Waals surface area contributed by atoms with Gasteiger partial charge in [0, 0.05) is 12.1 Å². The summed E-state index contributed by atoms with van der Waals surface area (Å²) < 4.78 is 15.9. The molecule has 0 aliphatic carbocycles.